The predicted molar refractivity (Wildman–Crippen MR) is 74.1 cm³/mol. The number of methoxy groups -OCH3 is 1. The van der Waals surface area contributed by atoms with E-state index in [1.807, 2.05) is 31.2 Å². The lowest BCUT2D eigenvalue weighted by atomic mass is 10.1. The lowest BCUT2D eigenvalue weighted by Gasteiger charge is -2.10. The first-order valence-electron chi connectivity index (χ1n) is 6.18. The molecule has 0 fully saturated rings. The molecule has 2 aromatic rings. The van der Waals surface area contributed by atoms with Crippen LogP contribution in [0.3, 0.4) is 0 Å². The maximum atomic E-state index is 11.5. The summed E-state index contributed by atoms with van der Waals surface area (Å²) in [5.74, 6) is 2.14. The quantitative estimate of drug-likeness (QED) is 0.756. The summed E-state index contributed by atoms with van der Waals surface area (Å²) >= 11 is 0. The van der Waals surface area contributed by atoms with Crippen molar-refractivity contribution in [3.63, 3.8) is 0 Å². The first kappa shape index (κ1) is 13.1. The second kappa shape index (κ2) is 6.05. The Kier molecular flexibility index (Phi) is 4.18. The van der Waals surface area contributed by atoms with E-state index in [0.29, 0.717) is 29.2 Å². The lowest BCUT2D eigenvalue weighted by molar-refractivity contribution is 0.0988. The summed E-state index contributed by atoms with van der Waals surface area (Å²) in [6.07, 6.45) is 0.507. The van der Waals surface area contributed by atoms with Crippen molar-refractivity contribution < 1.29 is 14.3 Å². The third-order valence-electron chi connectivity index (χ3n) is 2.79. The number of hydrogen-bond donors (Lipinski definition) is 0. The minimum atomic E-state index is 0.129. The third kappa shape index (κ3) is 3.13. The molecule has 19 heavy (non-hydrogen) atoms. The van der Waals surface area contributed by atoms with Crippen molar-refractivity contribution in [2.45, 2.75) is 13.3 Å². The molecule has 0 saturated carbocycles. The van der Waals surface area contributed by atoms with E-state index in [4.69, 9.17) is 9.47 Å². The molecule has 3 heteroatoms. The molecule has 0 aliphatic heterocycles. The van der Waals surface area contributed by atoms with Crippen molar-refractivity contribution in [3.05, 3.63) is 54.1 Å². The molecule has 0 heterocycles. The van der Waals surface area contributed by atoms with E-state index in [1.165, 1.54) is 0 Å². The predicted octanol–water partition coefficient (Wildman–Crippen LogP) is 4.08. The third-order valence-corrected chi connectivity index (χ3v) is 2.79. The second-order valence-electron chi connectivity index (χ2n) is 4.05. The Hall–Kier alpha value is -2.29. The molecular weight excluding hydrogens is 240 g/mol. The average molecular weight is 256 g/mol. The van der Waals surface area contributed by atoms with E-state index in [2.05, 4.69) is 0 Å². The molecule has 0 radical (unpaired) electrons. The van der Waals surface area contributed by atoms with Crippen molar-refractivity contribution in [3.8, 4) is 17.2 Å². The molecule has 2 aromatic carbocycles. The van der Waals surface area contributed by atoms with Gasteiger partial charge in [-0.2, -0.15) is 0 Å². The SMILES string of the molecule is CCC(=O)c1ccc(Oc2ccccc2OC)cc1. The van der Waals surface area contributed by atoms with Gasteiger partial charge in [-0.3, -0.25) is 4.79 Å². The molecule has 0 unspecified atom stereocenters. The maximum Gasteiger partial charge on any atom is 0.169 e. The lowest BCUT2D eigenvalue weighted by Crippen LogP contribution is -1.96. The van der Waals surface area contributed by atoms with Gasteiger partial charge in [-0.1, -0.05) is 19.1 Å². The van der Waals surface area contributed by atoms with Crippen LogP contribution in [0, 0.1) is 0 Å². The summed E-state index contributed by atoms with van der Waals surface area (Å²) in [7, 11) is 1.60. The number of ether oxygens (including phenoxy) is 2. The normalized spacial score (nSPS) is 10.0. The Morgan fingerprint density at radius 1 is 1.00 bits per heavy atom. The van der Waals surface area contributed by atoms with Gasteiger partial charge in [0.25, 0.3) is 0 Å². The zero-order valence-corrected chi connectivity index (χ0v) is 11.1. The molecule has 0 atom stereocenters. The van der Waals surface area contributed by atoms with Gasteiger partial charge in [0.05, 0.1) is 7.11 Å². The Labute approximate surface area is 112 Å². The van der Waals surface area contributed by atoms with Crippen LogP contribution in [-0.4, -0.2) is 12.9 Å². The van der Waals surface area contributed by atoms with Crippen LogP contribution < -0.4 is 9.47 Å². The van der Waals surface area contributed by atoms with Crippen molar-refractivity contribution in [2.24, 2.45) is 0 Å². The standard InChI is InChI=1S/C16H16O3/c1-3-14(17)12-8-10-13(11-9-12)19-16-7-5-4-6-15(16)18-2/h4-11H,3H2,1-2H3. The first-order chi connectivity index (χ1) is 9.24. The molecule has 98 valence electrons. The van der Waals surface area contributed by atoms with Gasteiger partial charge in [-0.05, 0) is 36.4 Å². The topological polar surface area (TPSA) is 35.5 Å². The molecule has 0 spiro atoms. The summed E-state index contributed by atoms with van der Waals surface area (Å²) in [6.45, 7) is 1.85. The first-order valence-corrected chi connectivity index (χ1v) is 6.18. The van der Waals surface area contributed by atoms with Crippen LogP contribution in [0.15, 0.2) is 48.5 Å². The van der Waals surface area contributed by atoms with E-state index < -0.39 is 0 Å². The summed E-state index contributed by atoms with van der Waals surface area (Å²) in [5, 5.41) is 0. The number of hydrogen-bond acceptors (Lipinski definition) is 3. The van der Waals surface area contributed by atoms with Gasteiger partial charge < -0.3 is 9.47 Å². The number of carbonyl (C=O) groups excluding carboxylic acids is 1. The van der Waals surface area contributed by atoms with Crippen molar-refractivity contribution in [1.82, 2.24) is 0 Å². The largest absolute Gasteiger partial charge is 0.493 e. The Morgan fingerprint density at radius 3 is 2.21 bits per heavy atom. The summed E-state index contributed by atoms with van der Waals surface area (Å²) < 4.78 is 11.0. The zero-order chi connectivity index (χ0) is 13.7. The van der Waals surface area contributed by atoms with E-state index >= 15 is 0 Å². The minimum Gasteiger partial charge on any atom is -0.493 e. The van der Waals surface area contributed by atoms with Gasteiger partial charge >= 0.3 is 0 Å². The summed E-state index contributed by atoms with van der Waals surface area (Å²) in [5.41, 5.74) is 0.704. The van der Waals surface area contributed by atoms with Gasteiger partial charge in [0.1, 0.15) is 5.75 Å². The highest BCUT2D eigenvalue weighted by atomic mass is 16.5. The molecule has 2 rings (SSSR count). The van der Waals surface area contributed by atoms with E-state index in [9.17, 15) is 4.79 Å². The van der Waals surface area contributed by atoms with Gasteiger partial charge in [-0.25, -0.2) is 0 Å². The van der Waals surface area contributed by atoms with Crippen LogP contribution in [0.2, 0.25) is 0 Å². The Balaban J connectivity index is 2.17. The second-order valence-corrected chi connectivity index (χ2v) is 4.05. The Bertz CT molecular complexity index is 558. The molecule has 0 N–H and O–H groups in total. The smallest absolute Gasteiger partial charge is 0.169 e. The number of Topliss-reactive ketones (excluding diaryl/α,β-unsaturated/α-hetero) is 1. The van der Waals surface area contributed by atoms with Crippen LogP contribution >= 0.6 is 0 Å². The van der Waals surface area contributed by atoms with E-state index in [0.717, 1.165) is 0 Å². The van der Waals surface area contributed by atoms with Crippen LogP contribution in [0.25, 0.3) is 0 Å². The molecule has 0 aromatic heterocycles. The number of para-hydroxylation sites is 2. The minimum absolute atomic E-state index is 0.129. The highest BCUT2D eigenvalue weighted by Crippen LogP contribution is 2.30. The van der Waals surface area contributed by atoms with E-state index in [-0.39, 0.29) is 5.78 Å². The van der Waals surface area contributed by atoms with Crippen molar-refractivity contribution in [1.29, 1.82) is 0 Å². The van der Waals surface area contributed by atoms with Gasteiger partial charge in [0.2, 0.25) is 0 Å². The van der Waals surface area contributed by atoms with Gasteiger partial charge in [0.15, 0.2) is 17.3 Å². The molecule has 0 amide bonds. The fourth-order valence-electron chi connectivity index (χ4n) is 1.74. The van der Waals surface area contributed by atoms with E-state index in [1.54, 1.807) is 31.4 Å². The van der Waals surface area contributed by atoms with Crippen LogP contribution in [0.4, 0.5) is 0 Å². The monoisotopic (exact) mass is 256 g/mol. The van der Waals surface area contributed by atoms with Crippen LogP contribution in [0.5, 0.6) is 17.2 Å². The molecular formula is C16H16O3. The number of benzene rings is 2. The number of rotatable bonds is 5. The van der Waals surface area contributed by atoms with Crippen LogP contribution in [-0.2, 0) is 0 Å². The average Bonchev–Trinajstić information content (AvgIpc) is 2.48. The molecule has 0 aliphatic rings. The summed E-state index contributed by atoms with van der Waals surface area (Å²) in [4.78, 5) is 11.5. The van der Waals surface area contributed by atoms with Crippen LogP contribution in [0.1, 0.15) is 23.7 Å². The molecule has 0 saturated heterocycles. The Morgan fingerprint density at radius 2 is 1.63 bits per heavy atom. The zero-order valence-electron chi connectivity index (χ0n) is 11.1. The fourth-order valence-corrected chi connectivity index (χ4v) is 1.74. The highest BCUT2D eigenvalue weighted by Gasteiger charge is 2.06. The molecule has 0 aliphatic carbocycles. The van der Waals surface area contributed by atoms with Crippen molar-refractivity contribution >= 4 is 5.78 Å². The molecule has 3 nitrogen and oxygen atoms in total. The van der Waals surface area contributed by atoms with Gasteiger partial charge in [0, 0.05) is 12.0 Å². The number of carbonyl (C=O) groups is 1. The van der Waals surface area contributed by atoms with Crippen molar-refractivity contribution in [2.75, 3.05) is 7.11 Å². The molecule has 0 bridgehead atoms. The fraction of sp³-hybridized carbons (Fsp3) is 0.188. The van der Waals surface area contributed by atoms with Gasteiger partial charge in [-0.15, -0.1) is 0 Å². The highest BCUT2D eigenvalue weighted by molar-refractivity contribution is 5.95. The number of ketones is 1. The maximum absolute atomic E-state index is 11.5. The summed E-state index contributed by atoms with van der Waals surface area (Å²) in [6, 6.07) is 14.6.